The van der Waals surface area contributed by atoms with Crippen LogP contribution in [0.4, 0.5) is 0 Å². The van der Waals surface area contributed by atoms with Gasteiger partial charge >= 0.3 is 0 Å². The minimum absolute atomic E-state index is 0.0481. The van der Waals surface area contributed by atoms with Gasteiger partial charge in [-0.05, 0) is 18.2 Å². The third-order valence-electron chi connectivity index (χ3n) is 2.24. The van der Waals surface area contributed by atoms with E-state index in [9.17, 15) is 4.79 Å². The number of hydrogen-bond acceptors (Lipinski definition) is 2. The zero-order valence-corrected chi connectivity index (χ0v) is 12.2. The van der Waals surface area contributed by atoms with Gasteiger partial charge in [-0.1, -0.05) is 22.0 Å². The molecule has 0 aliphatic rings. The molecular formula is C12H15BrClNO2. The molecule has 0 saturated carbocycles. The van der Waals surface area contributed by atoms with Crippen LogP contribution in [-0.4, -0.2) is 43.5 Å². The zero-order chi connectivity index (χ0) is 12.8. The van der Waals surface area contributed by atoms with E-state index in [1.54, 1.807) is 31.2 Å². The lowest BCUT2D eigenvalue weighted by molar-refractivity contribution is 0.0781. The standard InChI is InChI=1S/C12H15BrClNO2/c1-15(7-11(14)8-17-2)12(16)9-4-3-5-10(13)6-9/h3-6,11H,7-8H2,1-2H3. The fourth-order valence-electron chi connectivity index (χ4n) is 1.46. The largest absolute Gasteiger partial charge is 0.383 e. The fraction of sp³-hybridized carbons (Fsp3) is 0.417. The molecule has 1 atom stereocenters. The SMILES string of the molecule is COCC(Cl)CN(C)C(=O)c1cccc(Br)c1. The van der Waals surface area contributed by atoms with Crippen molar-refractivity contribution >= 4 is 33.4 Å². The first-order chi connectivity index (χ1) is 8.04. The third-order valence-corrected chi connectivity index (χ3v) is 2.99. The lowest BCUT2D eigenvalue weighted by Gasteiger charge is -2.20. The molecule has 1 aromatic rings. The Morgan fingerprint density at radius 1 is 1.59 bits per heavy atom. The Morgan fingerprint density at radius 2 is 2.29 bits per heavy atom. The van der Waals surface area contributed by atoms with Crippen LogP contribution in [0.15, 0.2) is 28.7 Å². The highest BCUT2D eigenvalue weighted by Gasteiger charge is 2.15. The number of halogens is 2. The van der Waals surface area contributed by atoms with E-state index in [1.807, 2.05) is 12.1 Å². The smallest absolute Gasteiger partial charge is 0.253 e. The summed E-state index contributed by atoms with van der Waals surface area (Å²) in [7, 11) is 3.32. The van der Waals surface area contributed by atoms with E-state index >= 15 is 0 Å². The average molecular weight is 321 g/mol. The molecule has 5 heteroatoms. The molecule has 0 N–H and O–H groups in total. The van der Waals surface area contributed by atoms with Crippen molar-refractivity contribution in [3.05, 3.63) is 34.3 Å². The summed E-state index contributed by atoms with van der Waals surface area (Å²) in [5, 5.41) is -0.193. The van der Waals surface area contributed by atoms with E-state index in [1.165, 1.54) is 0 Å². The molecule has 0 aliphatic carbocycles. The Hall–Kier alpha value is -0.580. The number of alkyl halides is 1. The number of hydrogen-bond donors (Lipinski definition) is 0. The van der Waals surface area contributed by atoms with Gasteiger partial charge < -0.3 is 9.64 Å². The molecule has 0 radical (unpaired) electrons. The maximum Gasteiger partial charge on any atom is 0.253 e. The van der Waals surface area contributed by atoms with E-state index in [2.05, 4.69) is 15.9 Å². The number of amides is 1. The topological polar surface area (TPSA) is 29.5 Å². The van der Waals surface area contributed by atoms with Crippen molar-refractivity contribution in [2.45, 2.75) is 5.38 Å². The van der Waals surface area contributed by atoms with E-state index in [-0.39, 0.29) is 11.3 Å². The molecule has 0 saturated heterocycles. The van der Waals surface area contributed by atoms with Gasteiger partial charge in [-0.25, -0.2) is 0 Å². The second kappa shape index (κ2) is 6.99. The molecule has 0 bridgehead atoms. The van der Waals surface area contributed by atoms with Gasteiger partial charge in [-0.2, -0.15) is 0 Å². The maximum absolute atomic E-state index is 12.0. The molecule has 0 fully saturated rings. The van der Waals surface area contributed by atoms with E-state index in [0.717, 1.165) is 4.47 Å². The second-order valence-electron chi connectivity index (χ2n) is 3.75. The molecule has 17 heavy (non-hydrogen) atoms. The highest BCUT2D eigenvalue weighted by molar-refractivity contribution is 9.10. The predicted octanol–water partition coefficient (Wildman–Crippen LogP) is 2.77. The van der Waals surface area contributed by atoms with Gasteiger partial charge in [0.05, 0.1) is 12.0 Å². The summed E-state index contributed by atoms with van der Waals surface area (Å²) in [6, 6.07) is 7.28. The van der Waals surface area contributed by atoms with Crippen LogP contribution in [0.2, 0.25) is 0 Å². The summed E-state index contributed by atoms with van der Waals surface area (Å²) in [4.78, 5) is 13.6. The maximum atomic E-state index is 12.0. The Bertz CT molecular complexity index is 387. The predicted molar refractivity (Wildman–Crippen MR) is 72.6 cm³/mol. The number of benzene rings is 1. The van der Waals surface area contributed by atoms with Crippen LogP contribution in [0.1, 0.15) is 10.4 Å². The molecule has 0 spiro atoms. The van der Waals surface area contributed by atoms with Crippen LogP contribution in [0.3, 0.4) is 0 Å². The van der Waals surface area contributed by atoms with Gasteiger partial charge in [-0.3, -0.25) is 4.79 Å². The minimum Gasteiger partial charge on any atom is -0.383 e. The Morgan fingerprint density at radius 3 is 2.88 bits per heavy atom. The zero-order valence-electron chi connectivity index (χ0n) is 9.82. The number of carbonyl (C=O) groups excluding carboxylic acids is 1. The Kier molecular flexibility index (Phi) is 5.95. The molecule has 1 rings (SSSR count). The summed E-state index contributed by atoms with van der Waals surface area (Å²) < 4.78 is 5.82. The van der Waals surface area contributed by atoms with Crippen LogP contribution in [0.25, 0.3) is 0 Å². The molecule has 0 heterocycles. The molecule has 94 valence electrons. The van der Waals surface area contributed by atoms with Gasteiger partial charge in [0.2, 0.25) is 0 Å². The Labute approximate surface area is 115 Å². The van der Waals surface area contributed by atoms with Gasteiger partial charge in [0.25, 0.3) is 5.91 Å². The molecule has 1 aromatic carbocycles. The van der Waals surface area contributed by atoms with Crippen LogP contribution in [-0.2, 0) is 4.74 Å². The monoisotopic (exact) mass is 319 g/mol. The average Bonchev–Trinajstić information content (AvgIpc) is 2.28. The number of rotatable bonds is 5. The van der Waals surface area contributed by atoms with Crippen molar-refractivity contribution in [2.75, 3.05) is 27.3 Å². The van der Waals surface area contributed by atoms with E-state index in [0.29, 0.717) is 18.7 Å². The lowest BCUT2D eigenvalue weighted by atomic mass is 10.2. The summed E-state index contributed by atoms with van der Waals surface area (Å²) in [5.74, 6) is -0.0481. The van der Waals surface area contributed by atoms with Crippen molar-refractivity contribution < 1.29 is 9.53 Å². The van der Waals surface area contributed by atoms with Crippen molar-refractivity contribution in [1.82, 2.24) is 4.90 Å². The summed E-state index contributed by atoms with van der Waals surface area (Å²) in [5.41, 5.74) is 0.642. The van der Waals surface area contributed by atoms with E-state index in [4.69, 9.17) is 16.3 Å². The number of ether oxygens (including phenoxy) is 1. The normalized spacial score (nSPS) is 12.2. The molecule has 0 aromatic heterocycles. The lowest BCUT2D eigenvalue weighted by Crippen LogP contribution is -2.33. The first kappa shape index (κ1) is 14.5. The van der Waals surface area contributed by atoms with Crippen LogP contribution in [0, 0.1) is 0 Å². The number of carbonyl (C=O) groups is 1. The van der Waals surface area contributed by atoms with Gasteiger partial charge in [0.15, 0.2) is 0 Å². The fourth-order valence-corrected chi connectivity index (χ4v) is 2.19. The van der Waals surface area contributed by atoms with Crippen molar-refractivity contribution in [3.63, 3.8) is 0 Å². The quantitative estimate of drug-likeness (QED) is 0.781. The first-order valence-electron chi connectivity index (χ1n) is 5.18. The molecule has 1 unspecified atom stereocenters. The van der Waals surface area contributed by atoms with Crippen molar-refractivity contribution in [1.29, 1.82) is 0 Å². The van der Waals surface area contributed by atoms with Gasteiger partial charge in [0.1, 0.15) is 0 Å². The minimum atomic E-state index is -0.193. The highest BCUT2D eigenvalue weighted by Crippen LogP contribution is 2.13. The van der Waals surface area contributed by atoms with E-state index < -0.39 is 0 Å². The third kappa shape index (κ3) is 4.66. The molecule has 1 amide bonds. The molecular weight excluding hydrogens is 305 g/mol. The van der Waals surface area contributed by atoms with Crippen molar-refractivity contribution in [3.8, 4) is 0 Å². The number of nitrogens with zero attached hydrogens (tertiary/aromatic N) is 1. The second-order valence-corrected chi connectivity index (χ2v) is 5.28. The first-order valence-corrected chi connectivity index (χ1v) is 6.41. The van der Waals surface area contributed by atoms with Gasteiger partial charge in [-0.15, -0.1) is 11.6 Å². The van der Waals surface area contributed by atoms with Crippen LogP contribution < -0.4 is 0 Å². The number of methoxy groups -OCH3 is 1. The van der Waals surface area contributed by atoms with Crippen LogP contribution in [0.5, 0.6) is 0 Å². The molecule has 0 aliphatic heterocycles. The summed E-state index contributed by atoms with van der Waals surface area (Å²) in [6.45, 7) is 0.887. The highest BCUT2D eigenvalue weighted by atomic mass is 79.9. The molecule has 3 nitrogen and oxygen atoms in total. The van der Waals surface area contributed by atoms with Crippen LogP contribution >= 0.6 is 27.5 Å². The van der Waals surface area contributed by atoms with Gasteiger partial charge in [0, 0.05) is 30.7 Å². The van der Waals surface area contributed by atoms with Crippen molar-refractivity contribution in [2.24, 2.45) is 0 Å². The Balaban J connectivity index is 2.63. The summed E-state index contributed by atoms with van der Waals surface area (Å²) in [6.07, 6.45) is 0. The summed E-state index contributed by atoms with van der Waals surface area (Å²) >= 11 is 9.35.